The summed E-state index contributed by atoms with van der Waals surface area (Å²) >= 11 is 2.11. The third-order valence-corrected chi connectivity index (χ3v) is 5.52. The van der Waals surface area contributed by atoms with Crippen LogP contribution in [0.1, 0.15) is 39.0 Å². The second-order valence-corrected chi connectivity index (χ2v) is 6.35. The van der Waals surface area contributed by atoms with Crippen LogP contribution in [-0.4, -0.2) is 41.6 Å². The molecule has 2 rings (SSSR count). The molecular formula is C13H26N2S. The minimum atomic E-state index is 0.656. The van der Waals surface area contributed by atoms with Gasteiger partial charge in [0.1, 0.15) is 0 Å². The zero-order valence-corrected chi connectivity index (χ0v) is 11.3. The van der Waals surface area contributed by atoms with E-state index in [0.29, 0.717) is 6.04 Å². The van der Waals surface area contributed by atoms with Crippen LogP contribution in [0.4, 0.5) is 0 Å². The van der Waals surface area contributed by atoms with E-state index in [2.05, 4.69) is 23.6 Å². The third kappa shape index (κ3) is 2.74. The summed E-state index contributed by atoms with van der Waals surface area (Å²) in [6.45, 7) is 4.35. The van der Waals surface area contributed by atoms with E-state index in [9.17, 15) is 0 Å². The smallest absolute Gasteiger partial charge is 0.0257 e. The van der Waals surface area contributed by atoms with Crippen molar-refractivity contribution in [2.45, 2.75) is 51.1 Å². The van der Waals surface area contributed by atoms with Crippen molar-refractivity contribution in [2.75, 3.05) is 24.6 Å². The standard InChI is InChI=1S/C13H26N2S/c1-2-15(12-5-3-4-6-12)13(9-14)11-7-8-16-10-11/h11-13H,2-10,14H2,1H3. The van der Waals surface area contributed by atoms with Crippen molar-refractivity contribution >= 4 is 11.8 Å². The van der Waals surface area contributed by atoms with Crippen LogP contribution in [0.15, 0.2) is 0 Å². The van der Waals surface area contributed by atoms with E-state index >= 15 is 0 Å². The first-order valence-electron chi connectivity index (χ1n) is 6.90. The average molecular weight is 242 g/mol. The Kier molecular flexibility index (Phi) is 4.98. The van der Waals surface area contributed by atoms with Gasteiger partial charge in [0.2, 0.25) is 0 Å². The van der Waals surface area contributed by atoms with Gasteiger partial charge in [0.25, 0.3) is 0 Å². The predicted octanol–water partition coefficient (Wildman–Crippen LogP) is 2.33. The van der Waals surface area contributed by atoms with Gasteiger partial charge in [0, 0.05) is 18.6 Å². The van der Waals surface area contributed by atoms with Gasteiger partial charge in [-0.3, -0.25) is 4.90 Å². The summed E-state index contributed by atoms with van der Waals surface area (Å²) in [5, 5.41) is 0. The highest BCUT2D eigenvalue weighted by atomic mass is 32.2. The van der Waals surface area contributed by atoms with Crippen LogP contribution in [0, 0.1) is 5.92 Å². The van der Waals surface area contributed by atoms with Crippen LogP contribution in [0.25, 0.3) is 0 Å². The van der Waals surface area contributed by atoms with Crippen molar-refractivity contribution in [3.63, 3.8) is 0 Å². The van der Waals surface area contributed by atoms with Gasteiger partial charge in [0.05, 0.1) is 0 Å². The van der Waals surface area contributed by atoms with E-state index in [1.54, 1.807) is 0 Å². The molecule has 0 spiro atoms. The first kappa shape index (κ1) is 12.7. The Morgan fingerprint density at radius 1 is 1.31 bits per heavy atom. The number of hydrogen-bond donors (Lipinski definition) is 1. The summed E-state index contributed by atoms with van der Waals surface area (Å²) in [6.07, 6.45) is 7.06. The molecule has 0 aromatic rings. The SMILES string of the molecule is CCN(C1CCCC1)C(CN)C1CCSC1. The largest absolute Gasteiger partial charge is 0.329 e. The van der Waals surface area contributed by atoms with Crippen molar-refractivity contribution in [3.8, 4) is 0 Å². The lowest BCUT2D eigenvalue weighted by atomic mass is 9.95. The predicted molar refractivity (Wildman–Crippen MR) is 72.9 cm³/mol. The van der Waals surface area contributed by atoms with Gasteiger partial charge >= 0.3 is 0 Å². The van der Waals surface area contributed by atoms with Gasteiger partial charge in [0.15, 0.2) is 0 Å². The maximum atomic E-state index is 6.05. The zero-order valence-electron chi connectivity index (χ0n) is 10.5. The molecule has 3 heteroatoms. The molecule has 1 aliphatic carbocycles. The molecule has 2 N–H and O–H groups in total. The minimum Gasteiger partial charge on any atom is -0.329 e. The van der Waals surface area contributed by atoms with E-state index in [0.717, 1.165) is 18.5 Å². The number of thioether (sulfide) groups is 1. The highest BCUT2D eigenvalue weighted by molar-refractivity contribution is 7.99. The van der Waals surface area contributed by atoms with E-state index in [1.807, 2.05) is 0 Å². The number of rotatable bonds is 5. The molecule has 1 heterocycles. The number of likely N-dealkylation sites (N-methyl/N-ethyl adjacent to an activating group) is 1. The molecule has 2 nitrogen and oxygen atoms in total. The van der Waals surface area contributed by atoms with Crippen LogP contribution in [0.3, 0.4) is 0 Å². The first-order chi connectivity index (χ1) is 7.86. The maximum absolute atomic E-state index is 6.05. The monoisotopic (exact) mass is 242 g/mol. The number of nitrogens with zero attached hydrogens (tertiary/aromatic N) is 1. The van der Waals surface area contributed by atoms with Gasteiger partial charge in [-0.2, -0.15) is 11.8 Å². The number of hydrogen-bond acceptors (Lipinski definition) is 3. The fourth-order valence-electron chi connectivity index (χ4n) is 3.45. The Morgan fingerprint density at radius 2 is 2.06 bits per heavy atom. The van der Waals surface area contributed by atoms with Gasteiger partial charge in [-0.1, -0.05) is 19.8 Å². The van der Waals surface area contributed by atoms with E-state index < -0.39 is 0 Å². The van der Waals surface area contributed by atoms with Gasteiger partial charge in [-0.25, -0.2) is 0 Å². The molecule has 94 valence electrons. The van der Waals surface area contributed by atoms with Crippen molar-refractivity contribution in [2.24, 2.45) is 11.7 Å². The molecule has 1 saturated heterocycles. The lowest BCUT2D eigenvalue weighted by Gasteiger charge is -2.38. The van der Waals surface area contributed by atoms with Crippen LogP contribution < -0.4 is 5.73 Å². The molecule has 0 bridgehead atoms. The molecule has 2 fully saturated rings. The zero-order chi connectivity index (χ0) is 11.4. The Labute approximate surface area is 104 Å². The Balaban J connectivity index is 1.98. The summed E-state index contributed by atoms with van der Waals surface area (Å²) in [4.78, 5) is 2.73. The molecule has 2 atom stereocenters. The summed E-state index contributed by atoms with van der Waals surface area (Å²) in [6, 6.07) is 1.49. The highest BCUT2D eigenvalue weighted by Crippen LogP contribution is 2.32. The molecule has 0 aromatic carbocycles. The second kappa shape index (κ2) is 6.27. The van der Waals surface area contributed by atoms with Crippen LogP contribution in [-0.2, 0) is 0 Å². The van der Waals surface area contributed by atoms with E-state index in [-0.39, 0.29) is 0 Å². The molecule has 2 aliphatic rings. The Hall–Kier alpha value is 0.270. The van der Waals surface area contributed by atoms with Gasteiger partial charge in [-0.15, -0.1) is 0 Å². The molecule has 0 aromatic heterocycles. The molecule has 16 heavy (non-hydrogen) atoms. The van der Waals surface area contributed by atoms with E-state index in [4.69, 9.17) is 5.73 Å². The fourth-order valence-corrected chi connectivity index (χ4v) is 4.78. The third-order valence-electron chi connectivity index (χ3n) is 4.34. The van der Waals surface area contributed by atoms with Crippen LogP contribution in [0.2, 0.25) is 0 Å². The summed E-state index contributed by atoms with van der Waals surface area (Å²) in [5.74, 6) is 3.55. The molecule has 1 saturated carbocycles. The highest BCUT2D eigenvalue weighted by Gasteiger charge is 2.33. The Morgan fingerprint density at radius 3 is 2.56 bits per heavy atom. The lowest BCUT2D eigenvalue weighted by molar-refractivity contribution is 0.111. The molecule has 0 amide bonds. The topological polar surface area (TPSA) is 29.3 Å². The van der Waals surface area contributed by atoms with Gasteiger partial charge in [-0.05, 0) is 43.2 Å². The first-order valence-corrected chi connectivity index (χ1v) is 8.05. The average Bonchev–Trinajstić information content (AvgIpc) is 2.97. The molecule has 2 unspecified atom stereocenters. The van der Waals surface area contributed by atoms with Gasteiger partial charge < -0.3 is 5.73 Å². The normalized spacial score (nSPS) is 29.1. The minimum absolute atomic E-state index is 0.656. The lowest BCUT2D eigenvalue weighted by Crippen LogP contribution is -2.49. The quantitative estimate of drug-likeness (QED) is 0.802. The van der Waals surface area contributed by atoms with Crippen LogP contribution >= 0.6 is 11.8 Å². The maximum Gasteiger partial charge on any atom is 0.0257 e. The van der Waals surface area contributed by atoms with Crippen molar-refractivity contribution in [1.29, 1.82) is 0 Å². The second-order valence-electron chi connectivity index (χ2n) is 5.20. The fraction of sp³-hybridized carbons (Fsp3) is 1.00. The van der Waals surface area contributed by atoms with Crippen LogP contribution in [0.5, 0.6) is 0 Å². The molecule has 0 radical (unpaired) electrons. The summed E-state index contributed by atoms with van der Waals surface area (Å²) in [5.41, 5.74) is 6.05. The van der Waals surface area contributed by atoms with Crippen molar-refractivity contribution < 1.29 is 0 Å². The summed E-state index contributed by atoms with van der Waals surface area (Å²) < 4.78 is 0. The Bertz CT molecular complexity index is 176. The van der Waals surface area contributed by atoms with E-state index in [1.165, 1.54) is 50.2 Å². The molecule has 1 aliphatic heterocycles. The molecular weight excluding hydrogens is 216 g/mol. The number of nitrogens with two attached hydrogens (primary N) is 1. The van der Waals surface area contributed by atoms with Crippen molar-refractivity contribution in [1.82, 2.24) is 4.90 Å². The van der Waals surface area contributed by atoms with Crippen molar-refractivity contribution in [3.05, 3.63) is 0 Å². The summed E-state index contributed by atoms with van der Waals surface area (Å²) in [7, 11) is 0.